The Balaban J connectivity index is 1.41. The van der Waals surface area contributed by atoms with Crippen LogP contribution in [0.5, 0.6) is 5.75 Å². The van der Waals surface area contributed by atoms with Crippen molar-refractivity contribution in [2.45, 2.75) is 25.9 Å². The second-order valence-electron chi connectivity index (χ2n) is 10.2. The van der Waals surface area contributed by atoms with E-state index < -0.39 is 17.5 Å². The molecular weight excluding hydrogens is 506 g/mol. The first-order valence-electron chi connectivity index (χ1n) is 13.1. The fourth-order valence-corrected chi connectivity index (χ4v) is 4.49. The fraction of sp³-hybridized carbons (Fsp3) is 0.448. The lowest BCUT2D eigenvalue weighted by Gasteiger charge is -2.35. The molecule has 0 aromatic heterocycles. The Bertz CT molecular complexity index is 1160. The van der Waals surface area contributed by atoms with Gasteiger partial charge in [0, 0.05) is 56.2 Å². The number of halogens is 2. The van der Waals surface area contributed by atoms with Gasteiger partial charge in [0.1, 0.15) is 23.1 Å². The van der Waals surface area contributed by atoms with Crippen molar-refractivity contribution in [2.24, 2.45) is 5.41 Å². The van der Waals surface area contributed by atoms with Gasteiger partial charge in [0.2, 0.25) is 5.76 Å². The van der Waals surface area contributed by atoms with Crippen LogP contribution in [-0.2, 0) is 20.9 Å². The largest absolute Gasteiger partial charge is 0.497 e. The number of hydrogen-bond donors (Lipinski definition) is 2. The van der Waals surface area contributed by atoms with Crippen LogP contribution in [0.3, 0.4) is 0 Å². The summed E-state index contributed by atoms with van der Waals surface area (Å²) in [5.74, 6) is -1.47. The molecule has 4 rings (SSSR count). The minimum Gasteiger partial charge on any atom is -0.497 e. The third kappa shape index (κ3) is 8.00. The van der Waals surface area contributed by atoms with E-state index in [4.69, 9.17) is 19.6 Å². The average Bonchev–Trinajstić information content (AvgIpc) is 3.69. The fourth-order valence-electron chi connectivity index (χ4n) is 4.49. The molecule has 1 amide bonds. The molecule has 2 fully saturated rings. The van der Waals surface area contributed by atoms with Crippen molar-refractivity contribution < 1.29 is 27.8 Å². The maximum absolute atomic E-state index is 13.7. The Labute approximate surface area is 228 Å². The molecule has 1 heterocycles. The second-order valence-corrected chi connectivity index (χ2v) is 10.2. The maximum atomic E-state index is 13.7. The number of methoxy groups -OCH3 is 1. The molecule has 1 aliphatic heterocycles. The predicted molar refractivity (Wildman–Crippen MR) is 145 cm³/mol. The molecule has 2 aromatic carbocycles. The molecule has 0 atom stereocenters. The van der Waals surface area contributed by atoms with Gasteiger partial charge in [-0.15, -0.1) is 0 Å². The van der Waals surface area contributed by atoms with Gasteiger partial charge in [-0.3, -0.25) is 4.79 Å². The number of likely N-dealkylation sites (N-methyl/N-ethyl adjacent to an activating group) is 1. The number of rotatable bonds is 13. The monoisotopic (exact) mass is 542 g/mol. The molecule has 0 unspecified atom stereocenters. The first kappa shape index (κ1) is 28.5. The van der Waals surface area contributed by atoms with Crippen molar-refractivity contribution in [1.29, 1.82) is 5.41 Å². The second kappa shape index (κ2) is 13.0. The van der Waals surface area contributed by atoms with Gasteiger partial charge in [0.05, 0.1) is 20.3 Å². The lowest BCUT2D eigenvalue weighted by atomic mass is 10.0. The third-order valence-corrected chi connectivity index (χ3v) is 7.22. The number of hydrogen-bond acceptors (Lipinski definition) is 7. The molecule has 0 spiro atoms. The molecule has 10 heteroatoms. The van der Waals surface area contributed by atoms with E-state index in [9.17, 15) is 13.6 Å². The number of carbonyl (C=O) groups excluding carboxylic acids is 1. The molecule has 1 saturated carbocycles. The Morgan fingerprint density at radius 1 is 1.08 bits per heavy atom. The van der Waals surface area contributed by atoms with E-state index in [1.807, 2.05) is 36.2 Å². The van der Waals surface area contributed by atoms with E-state index in [1.165, 1.54) is 0 Å². The minimum absolute atomic E-state index is 0.0191. The van der Waals surface area contributed by atoms with E-state index in [0.29, 0.717) is 32.0 Å². The first-order valence-corrected chi connectivity index (χ1v) is 13.1. The van der Waals surface area contributed by atoms with E-state index >= 15 is 0 Å². The summed E-state index contributed by atoms with van der Waals surface area (Å²) < 4.78 is 44.7. The van der Waals surface area contributed by atoms with Crippen molar-refractivity contribution in [1.82, 2.24) is 9.80 Å². The molecule has 1 aliphatic carbocycles. The zero-order valence-corrected chi connectivity index (χ0v) is 22.5. The number of anilines is 1. The maximum Gasteiger partial charge on any atom is 0.293 e. The molecule has 2 aromatic rings. The van der Waals surface area contributed by atoms with Crippen LogP contribution in [0.15, 0.2) is 53.9 Å². The van der Waals surface area contributed by atoms with Gasteiger partial charge in [0.25, 0.3) is 5.91 Å². The van der Waals surface area contributed by atoms with Gasteiger partial charge in [-0.05, 0) is 56.1 Å². The van der Waals surface area contributed by atoms with Crippen LogP contribution in [-0.4, -0.2) is 75.5 Å². The molecule has 210 valence electrons. The smallest absolute Gasteiger partial charge is 0.293 e. The highest BCUT2D eigenvalue weighted by Crippen LogP contribution is 2.49. The number of ether oxygens (including phenoxy) is 3. The van der Waals surface area contributed by atoms with Crippen molar-refractivity contribution in [3.8, 4) is 5.75 Å². The summed E-state index contributed by atoms with van der Waals surface area (Å²) in [6, 6.07) is 10.5. The van der Waals surface area contributed by atoms with Crippen LogP contribution < -0.4 is 10.1 Å². The summed E-state index contributed by atoms with van der Waals surface area (Å²) in [7, 11) is 3.64. The Morgan fingerprint density at radius 2 is 1.74 bits per heavy atom. The van der Waals surface area contributed by atoms with Crippen LogP contribution in [0.1, 0.15) is 24.8 Å². The van der Waals surface area contributed by atoms with E-state index in [2.05, 4.69) is 10.2 Å². The quantitative estimate of drug-likeness (QED) is 0.169. The van der Waals surface area contributed by atoms with Gasteiger partial charge >= 0.3 is 0 Å². The molecule has 2 aliphatic rings. The van der Waals surface area contributed by atoms with Crippen molar-refractivity contribution in [2.75, 3.05) is 58.9 Å². The average molecular weight is 543 g/mol. The van der Waals surface area contributed by atoms with Crippen molar-refractivity contribution in [3.05, 3.63) is 71.1 Å². The van der Waals surface area contributed by atoms with Gasteiger partial charge < -0.3 is 34.7 Å². The highest BCUT2D eigenvalue weighted by molar-refractivity contribution is 6.05. The molecule has 2 N–H and O–H groups in total. The summed E-state index contributed by atoms with van der Waals surface area (Å²) in [6.45, 7) is 4.11. The van der Waals surface area contributed by atoms with Crippen LogP contribution in [0.25, 0.3) is 0 Å². The predicted octanol–water partition coefficient (Wildman–Crippen LogP) is 4.42. The number of nitrogens with zero attached hydrogens (tertiary/aromatic N) is 2. The number of benzene rings is 2. The summed E-state index contributed by atoms with van der Waals surface area (Å²) in [5.41, 5.74) is 1.26. The number of carbonyl (C=O) groups is 1. The standard InChI is InChI=1S/C29H36F2N4O4/c1-34-10-12-35(13-11-34)26(18-32)27(28(36)33-24-16-22(30)15-23(31)17-24)39-20-29(7-8-29)9-14-38-19-21-3-5-25(37-2)6-4-21/h3-6,15-18,32H,7-14,19-20H2,1-2H3,(H,33,36)/b27-26-,32-18?. The molecule has 8 nitrogen and oxygen atoms in total. The first-order chi connectivity index (χ1) is 18.8. The van der Waals surface area contributed by atoms with Crippen molar-refractivity contribution >= 4 is 17.8 Å². The Hall–Kier alpha value is -3.50. The van der Waals surface area contributed by atoms with E-state index in [0.717, 1.165) is 68.1 Å². The lowest BCUT2D eigenvalue weighted by Crippen LogP contribution is -2.45. The van der Waals surface area contributed by atoms with Crippen LogP contribution in [0.2, 0.25) is 0 Å². The summed E-state index contributed by atoms with van der Waals surface area (Å²) in [5, 5.41) is 10.6. The number of piperazine rings is 1. The van der Waals surface area contributed by atoms with Gasteiger partial charge in [-0.1, -0.05) is 12.1 Å². The summed E-state index contributed by atoms with van der Waals surface area (Å²) in [4.78, 5) is 17.4. The lowest BCUT2D eigenvalue weighted by molar-refractivity contribution is -0.116. The molecule has 0 radical (unpaired) electrons. The number of nitrogens with one attached hydrogen (secondary N) is 2. The third-order valence-electron chi connectivity index (χ3n) is 7.22. The normalized spacial score (nSPS) is 17.3. The number of amides is 1. The highest BCUT2D eigenvalue weighted by Gasteiger charge is 2.43. The van der Waals surface area contributed by atoms with Crippen LogP contribution in [0.4, 0.5) is 14.5 Å². The minimum atomic E-state index is -0.797. The van der Waals surface area contributed by atoms with Gasteiger partial charge in [-0.25, -0.2) is 8.78 Å². The van der Waals surface area contributed by atoms with Gasteiger partial charge in [-0.2, -0.15) is 0 Å². The highest BCUT2D eigenvalue weighted by atomic mass is 19.1. The number of allylic oxidation sites excluding steroid dienone is 1. The SMILES string of the molecule is COc1ccc(COCCC2(CO/C(C(=O)Nc3cc(F)cc(F)c3)=C(/C=N)N3CCN(C)CC3)CC2)cc1. The molecular formula is C29H36F2N4O4. The molecule has 0 bridgehead atoms. The zero-order chi connectivity index (χ0) is 27.8. The van der Waals surface area contributed by atoms with E-state index in [1.54, 1.807) is 7.11 Å². The zero-order valence-electron chi connectivity index (χ0n) is 22.5. The topological polar surface area (TPSA) is 87.1 Å². The van der Waals surface area contributed by atoms with Crippen LogP contribution in [0, 0.1) is 22.5 Å². The summed E-state index contributed by atoms with van der Waals surface area (Å²) in [6.07, 6.45) is 3.76. The molecule has 1 saturated heterocycles. The van der Waals surface area contributed by atoms with E-state index in [-0.39, 0.29) is 23.5 Å². The Morgan fingerprint density at radius 3 is 2.33 bits per heavy atom. The van der Waals surface area contributed by atoms with Crippen LogP contribution >= 0.6 is 0 Å². The Kier molecular flexibility index (Phi) is 9.53. The molecule has 39 heavy (non-hydrogen) atoms. The van der Waals surface area contributed by atoms with Gasteiger partial charge in [0.15, 0.2) is 0 Å². The summed E-state index contributed by atoms with van der Waals surface area (Å²) >= 11 is 0. The van der Waals surface area contributed by atoms with Crippen molar-refractivity contribution in [3.63, 3.8) is 0 Å².